The second-order valence-electron chi connectivity index (χ2n) is 2.72. The third kappa shape index (κ3) is 1.13. The van der Waals surface area contributed by atoms with Gasteiger partial charge in [-0.1, -0.05) is 12.2 Å². The van der Waals surface area contributed by atoms with E-state index < -0.39 is 0 Å². The molecule has 1 heteroatoms. The van der Waals surface area contributed by atoms with Gasteiger partial charge in [0.1, 0.15) is 0 Å². The average molecular weight is 120 g/mol. The second kappa shape index (κ2) is 2.68. The Morgan fingerprint density at radius 2 is 1.56 bits per heavy atom. The molecule has 9 heavy (non-hydrogen) atoms. The van der Waals surface area contributed by atoms with E-state index >= 15 is 0 Å². The quantitative estimate of drug-likeness (QED) is 0.354. The van der Waals surface area contributed by atoms with Gasteiger partial charge in [-0.25, -0.2) is 0 Å². The van der Waals surface area contributed by atoms with Crippen molar-refractivity contribution in [2.75, 3.05) is 0 Å². The highest BCUT2D eigenvalue weighted by Gasteiger charge is 2.25. The molecule has 2 rings (SSSR count). The summed E-state index contributed by atoms with van der Waals surface area (Å²) >= 11 is 0. The number of allylic oxidation sites excluding steroid dienone is 2. The Kier molecular flexibility index (Phi) is 1.89. The van der Waals surface area contributed by atoms with Crippen molar-refractivity contribution in [1.29, 1.82) is 5.26 Å². The highest BCUT2D eigenvalue weighted by molar-refractivity contribution is 5.06. The van der Waals surface area contributed by atoms with Gasteiger partial charge in [0.2, 0.25) is 0 Å². The van der Waals surface area contributed by atoms with Crippen molar-refractivity contribution in [1.82, 2.24) is 0 Å². The van der Waals surface area contributed by atoms with Crippen LogP contribution in [0.2, 0.25) is 0 Å². The molecule has 1 fully saturated rings. The molecule has 0 aromatic heterocycles. The molecule has 2 aliphatic carbocycles. The summed E-state index contributed by atoms with van der Waals surface area (Å²) < 4.78 is 0. The number of fused-ring (bicyclic) bond motifs is 2. The van der Waals surface area contributed by atoms with Crippen LogP contribution >= 0.6 is 0 Å². The van der Waals surface area contributed by atoms with E-state index in [4.69, 9.17) is 11.8 Å². The average Bonchev–Trinajstić information content (AvgIpc) is 2.53. The Balaban J connectivity index is 0.000000186. The number of rotatable bonds is 0. The van der Waals surface area contributed by atoms with Crippen molar-refractivity contribution in [3.05, 3.63) is 18.7 Å². The normalized spacial score (nSPS) is 35.8. The third-order valence-corrected chi connectivity index (χ3v) is 2.17. The van der Waals surface area contributed by atoms with Gasteiger partial charge in [-0.3, -0.25) is 0 Å². The molecule has 0 N–H and O–H groups in total. The molecule has 0 saturated heterocycles. The lowest BCUT2D eigenvalue weighted by Crippen LogP contribution is -1.82. The lowest BCUT2D eigenvalue weighted by atomic mass is 10.1. The zero-order valence-corrected chi connectivity index (χ0v) is 5.38. The lowest BCUT2D eigenvalue weighted by Gasteiger charge is -1.96. The smallest absolute Gasteiger partial charge is 0.0228 e. The Morgan fingerprint density at radius 3 is 1.67 bits per heavy atom. The third-order valence-electron chi connectivity index (χ3n) is 2.17. The summed E-state index contributed by atoms with van der Waals surface area (Å²) in [4.78, 5) is 0. The molecule has 2 unspecified atom stereocenters. The molecule has 1 nitrogen and oxygen atoms in total. The molecule has 2 aliphatic rings. The standard InChI is InChI=1S/C7H10.CN/c1-2-7-4-3-6(1)5-7;1-2/h1-2,6-7H,3-5H2;/q;-1. The van der Waals surface area contributed by atoms with Gasteiger partial charge in [0, 0.05) is 0 Å². The maximum Gasteiger partial charge on any atom is -0.0228 e. The topological polar surface area (TPSA) is 23.8 Å². The molecule has 0 aromatic rings. The summed E-state index contributed by atoms with van der Waals surface area (Å²) in [5.41, 5.74) is 0. The first-order valence-corrected chi connectivity index (χ1v) is 3.36. The van der Waals surface area contributed by atoms with Gasteiger partial charge in [0.05, 0.1) is 0 Å². The molecular formula is C8H10N-. The first-order chi connectivity index (χ1) is 4.45. The van der Waals surface area contributed by atoms with Crippen LogP contribution in [0.5, 0.6) is 0 Å². The van der Waals surface area contributed by atoms with Crippen LogP contribution in [-0.4, -0.2) is 0 Å². The molecule has 0 aliphatic heterocycles. The molecule has 1 saturated carbocycles. The summed E-state index contributed by atoms with van der Waals surface area (Å²) in [5.74, 6) is 1.98. The van der Waals surface area contributed by atoms with E-state index in [1.807, 2.05) is 0 Å². The largest absolute Gasteiger partial charge is 0.512 e. The first-order valence-electron chi connectivity index (χ1n) is 3.36. The molecule has 0 heterocycles. The SMILES string of the molecule is C1=CC2CCC1C2.[C-]#N. The molecular weight excluding hydrogens is 110 g/mol. The molecule has 0 aromatic carbocycles. The Morgan fingerprint density at radius 1 is 1.11 bits per heavy atom. The lowest BCUT2D eigenvalue weighted by molar-refractivity contribution is 0.691. The van der Waals surface area contributed by atoms with E-state index in [2.05, 4.69) is 12.2 Å². The highest BCUT2D eigenvalue weighted by Crippen LogP contribution is 2.38. The van der Waals surface area contributed by atoms with Crippen molar-refractivity contribution in [2.45, 2.75) is 19.3 Å². The fraction of sp³-hybridized carbons (Fsp3) is 0.625. The fourth-order valence-electron chi connectivity index (χ4n) is 1.72. The van der Waals surface area contributed by atoms with Crippen LogP contribution in [0.25, 0.3) is 0 Å². The van der Waals surface area contributed by atoms with E-state index in [9.17, 15) is 0 Å². The van der Waals surface area contributed by atoms with Gasteiger partial charge in [-0.05, 0) is 31.1 Å². The van der Waals surface area contributed by atoms with Crippen molar-refractivity contribution >= 4 is 0 Å². The fourth-order valence-corrected chi connectivity index (χ4v) is 1.72. The Hall–Kier alpha value is -0.770. The molecule has 48 valence electrons. The van der Waals surface area contributed by atoms with Crippen LogP contribution in [0, 0.1) is 23.7 Å². The maximum absolute atomic E-state index is 6.25. The van der Waals surface area contributed by atoms with Gasteiger partial charge in [-0.2, -0.15) is 0 Å². The van der Waals surface area contributed by atoms with Crippen LogP contribution in [0.15, 0.2) is 12.2 Å². The minimum absolute atomic E-state index is 0.991. The van der Waals surface area contributed by atoms with E-state index in [-0.39, 0.29) is 0 Å². The Labute approximate surface area is 56.0 Å². The zero-order chi connectivity index (χ0) is 6.69. The summed E-state index contributed by atoms with van der Waals surface area (Å²) in [6, 6.07) is 0. The van der Waals surface area contributed by atoms with E-state index in [1.165, 1.54) is 19.3 Å². The van der Waals surface area contributed by atoms with Gasteiger partial charge >= 0.3 is 0 Å². The Bertz CT molecular complexity index is 123. The van der Waals surface area contributed by atoms with E-state index in [0.717, 1.165) is 11.8 Å². The van der Waals surface area contributed by atoms with Crippen LogP contribution in [-0.2, 0) is 0 Å². The van der Waals surface area contributed by atoms with Crippen molar-refractivity contribution < 1.29 is 0 Å². The molecule has 0 radical (unpaired) electrons. The summed E-state index contributed by atoms with van der Waals surface area (Å²) in [7, 11) is 0. The number of nitrogens with zero attached hydrogens (tertiary/aromatic N) is 1. The minimum atomic E-state index is 0.991. The van der Waals surface area contributed by atoms with Gasteiger partial charge in [0.15, 0.2) is 0 Å². The van der Waals surface area contributed by atoms with Crippen molar-refractivity contribution in [3.63, 3.8) is 0 Å². The van der Waals surface area contributed by atoms with Gasteiger partial charge < -0.3 is 11.8 Å². The van der Waals surface area contributed by atoms with Gasteiger partial charge in [-0.15, -0.1) is 0 Å². The van der Waals surface area contributed by atoms with Crippen LogP contribution in [0.4, 0.5) is 0 Å². The minimum Gasteiger partial charge on any atom is -0.512 e. The second-order valence-corrected chi connectivity index (χ2v) is 2.72. The summed E-state index contributed by atoms with van der Waals surface area (Å²) in [6.45, 7) is 4.75. The predicted octanol–water partition coefficient (Wildman–Crippen LogP) is 2.07. The monoisotopic (exact) mass is 120 g/mol. The molecule has 2 bridgehead atoms. The first kappa shape index (κ1) is 6.35. The summed E-state index contributed by atoms with van der Waals surface area (Å²) in [6.07, 6.45) is 9.19. The number of hydrogen-bond acceptors (Lipinski definition) is 1. The van der Waals surface area contributed by atoms with Crippen molar-refractivity contribution in [2.24, 2.45) is 11.8 Å². The zero-order valence-electron chi connectivity index (χ0n) is 5.38. The molecule has 0 spiro atoms. The predicted molar refractivity (Wildman–Crippen MR) is 34.9 cm³/mol. The van der Waals surface area contributed by atoms with Crippen LogP contribution < -0.4 is 0 Å². The number of hydrogen-bond donors (Lipinski definition) is 0. The summed E-state index contributed by atoms with van der Waals surface area (Å²) in [5, 5.41) is 6.25. The van der Waals surface area contributed by atoms with Crippen molar-refractivity contribution in [3.8, 4) is 0 Å². The van der Waals surface area contributed by atoms with Crippen LogP contribution in [0.3, 0.4) is 0 Å². The molecule has 0 amide bonds. The molecule has 2 atom stereocenters. The van der Waals surface area contributed by atoms with Gasteiger partial charge in [0.25, 0.3) is 0 Å². The highest BCUT2D eigenvalue weighted by atomic mass is 14.3. The van der Waals surface area contributed by atoms with E-state index in [1.54, 1.807) is 0 Å². The van der Waals surface area contributed by atoms with E-state index in [0.29, 0.717) is 0 Å². The van der Waals surface area contributed by atoms with Crippen LogP contribution in [0.1, 0.15) is 19.3 Å². The maximum atomic E-state index is 6.25.